The maximum absolute atomic E-state index is 12.5. The molecule has 0 bridgehead atoms. The fraction of sp³-hybridized carbons (Fsp3) is 0.688. The Morgan fingerprint density at radius 2 is 1.96 bits per heavy atom. The predicted octanol–water partition coefficient (Wildman–Crippen LogP) is 1.82. The van der Waals surface area contributed by atoms with Gasteiger partial charge in [0.2, 0.25) is 11.9 Å². The van der Waals surface area contributed by atoms with E-state index in [2.05, 4.69) is 15.3 Å². The van der Waals surface area contributed by atoms with E-state index >= 15 is 0 Å². The first-order valence-electron chi connectivity index (χ1n) is 8.24. The van der Waals surface area contributed by atoms with Crippen molar-refractivity contribution in [3.63, 3.8) is 0 Å². The Morgan fingerprint density at radius 3 is 2.61 bits per heavy atom. The van der Waals surface area contributed by atoms with Gasteiger partial charge in [0.05, 0.1) is 11.5 Å². The highest BCUT2D eigenvalue weighted by Gasteiger charge is 2.59. The number of hydrogen-bond donors (Lipinski definition) is 1. The molecule has 124 valence electrons. The van der Waals surface area contributed by atoms with Crippen molar-refractivity contribution < 1.29 is 13.2 Å². The molecular formula is C16H21N3O3S. The van der Waals surface area contributed by atoms with Crippen LogP contribution in [-0.4, -0.2) is 35.8 Å². The number of sulfone groups is 1. The molecule has 1 N–H and O–H groups in total. The molecule has 23 heavy (non-hydrogen) atoms. The van der Waals surface area contributed by atoms with Gasteiger partial charge in [-0.3, -0.25) is 10.1 Å². The van der Waals surface area contributed by atoms with Gasteiger partial charge in [0.25, 0.3) is 0 Å². The van der Waals surface area contributed by atoms with E-state index in [0.717, 1.165) is 30.7 Å². The maximum Gasteiger partial charge on any atom is 0.230 e. The first-order chi connectivity index (χ1) is 10.9. The molecule has 3 fully saturated rings. The van der Waals surface area contributed by atoms with Gasteiger partial charge in [-0.1, -0.05) is 0 Å². The summed E-state index contributed by atoms with van der Waals surface area (Å²) < 4.78 is 23.1. The Balaban J connectivity index is 1.43. The van der Waals surface area contributed by atoms with Gasteiger partial charge in [-0.05, 0) is 50.5 Å². The lowest BCUT2D eigenvalue weighted by atomic mass is 9.96. The zero-order chi connectivity index (χ0) is 16.2. The summed E-state index contributed by atoms with van der Waals surface area (Å²) in [4.78, 5) is 21.3. The van der Waals surface area contributed by atoms with Gasteiger partial charge in [0.1, 0.15) is 9.84 Å². The number of hydrogen-bond acceptors (Lipinski definition) is 5. The van der Waals surface area contributed by atoms with Crippen LogP contribution in [0.15, 0.2) is 6.07 Å². The Kier molecular flexibility index (Phi) is 3.27. The average molecular weight is 335 g/mol. The maximum atomic E-state index is 12.5. The van der Waals surface area contributed by atoms with Crippen molar-refractivity contribution in [3.05, 3.63) is 17.5 Å². The van der Waals surface area contributed by atoms with Crippen LogP contribution in [0.4, 0.5) is 5.95 Å². The first-order valence-corrected chi connectivity index (χ1v) is 10.1. The van der Waals surface area contributed by atoms with Crippen molar-refractivity contribution in [1.82, 2.24) is 9.97 Å². The van der Waals surface area contributed by atoms with Crippen molar-refractivity contribution in [2.24, 2.45) is 11.3 Å². The molecule has 1 unspecified atom stereocenters. The summed E-state index contributed by atoms with van der Waals surface area (Å²) in [6.45, 7) is 1.91. The highest BCUT2D eigenvalue weighted by Crippen LogP contribution is 2.60. The van der Waals surface area contributed by atoms with Crippen LogP contribution in [-0.2, 0) is 14.6 Å². The third kappa shape index (κ3) is 2.98. The Morgan fingerprint density at radius 1 is 1.26 bits per heavy atom. The number of nitrogens with one attached hydrogen (secondary N) is 1. The van der Waals surface area contributed by atoms with Gasteiger partial charge >= 0.3 is 0 Å². The van der Waals surface area contributed by atoms with Crippen LogP contribution < -0.4 is 5.32 Å². The Labute approximate surface area is 136 Å². The van der Waals surface area contributed by atoms with Gasteiger partial charge in [0, 0.05) is 23.2 Å². The third-order valence-electron chi connectivity index (χ3n) is 5.43. The zero-order valence-corrected chi connectivity index (χ0v) is 14.0. The number of rotatable bonds is 3. The fourth-order valence-electron chi connectivity index (χ4n) is 3.65. The van der Waals surface area contributed by atoms with Gasteiger partial charge in [-0.15, -0.1) is 0 Å². The molecule has 1 saturated heterocycles. The number of nitrogens with zero attached hydrogens (tertiary/aromatic N) is 2. The molecule has 1 spiro atoms. The molecule has 1 amide bonds. The summed E-state index contributed by atoms with van der Waals surface area (Å²) in [7, 11) is -2.89. The van der Waals surface area contributed by atoms with E-state index in [1.165, 1.54) is 0 Å². The molecule has 1 aromatic rings. The summed E-state index contributed by atoms with van der Waals surface area (Å²) in [5.74, 6) is 1.18. The normalized spacial score (nSPS) is 27.6. The average Bonchev–Trinajstić information content (AvgIpc) is 3.37. The molecule has 2 heterocycles. The molecule has 2 saturated carbocycles. The van der Waals surface area contributed by atoms with Crippen LogP contribution in [0.5, 0.6) is 0 Å². The van der Waals surface area contributed by atoms with Gasteiger partial charge in [-0.2, -0.15) is 0 Å². The van der Waals surface area contributed by atoms with Crippen molar-refractivity contribution in [2.75, 3.05) is 16.8 Å². The minimum atomic E-state index is -2.89. The highest BCUT2D eigenvalue weighted by molar-refractivity contribution is 7.91. The lowest BCUT2D eigenvalue weighted by Crippen LogP contribution is -2.28. The molecule has 7 heteroatoms. The fourth-order valence-corrected chi connectivity index (χ4v) is 5.29. The number of aromatic nitrogens is 2. The van der Waals surface area contributed by atoms with E-state index in [1.54, 1.807) is 0 Å². The standard InChI is InChI=1S/C16H21N3O3S/c1-10-8-13(11-2-3-11)18-15(17-10)19-14(20)12-9-16(12)4-6-23(21,22)7-5-16/h8,11-12H,2-7,9H2,1H3,(H,17,18,19,20). The lowest BCUT2D eigenvalue weighted by molar-refractivity contribution is -0.118. The zero-order valence-electron chi connectivity index (χ0n) is 13.2. The molecule has 1 aromatic heterocycles. The van der Waals surface area contributed by atoms with Crippen molar-refractivity contribution in [2.45, 2.75) is 44.9 Å². The molecule has 0 aromatic carbocycles. The summed E-state index contributed by atoms with van der Waals surface area (Å²) in [6, 6.07) is 1.98. The van der Waals surface area contributed by atoms with Crippen molar-refractivity contribution >= 4 is 21.7 Å². The monoisotopic (exact) mass is 335 g/mol. The number of carbonyl (C=O) groups is 1. The van der Waals surface area contributed by atoms with Crippen LogP contribution in [0.3, 0.4) is 0 Å². The lowest BCUT2D eigenvalue weighted by Gasteiger charge is -2.22. The van der Waals surface area contributed by atoms with E-state index in [-0.39, 0.29) is 28.7 Å². The van der Waals surface area contributed by atoms with Crippen LogP contribution in [0.1, 0.15) is 49.4 Å². The van der Waals surface area contributed by atoms with Crippen molar-refractivity contribution in [3.8, 4) is 0 Å². The molecule has 6 nitrogen and oxygen atoms in total. The van der Waals surface area contributed by atoms with Crippen LogP contribution in [0.25, 0.3) is 0 Å². The topological polar surface area (TPSA) is 89.0 Å². The SMILES string of the molecule is Cc1cc(C2CC2)nc(NC(=O)C2CC23CCS(=O)(=O)CC3)n1. The Hall–Kier alpha value is -1.50. The molecule has 3 aliphatic rings. The number of aryl methyl sites for hydroxylation is 1. The summed E-state index contributed by atoms with van der Waals surface area (Å²) in [5.41, 5.74) is 1.78. The minimum Gasteiger partial charge on any atom is -0.294 e. The van der Waals surface area contributed by atoms with Gasteiger partial charge in [-0.25, -0.2) is 18.4 Å². The summed E-state index contributed by atoms with van der Waals surface area (Å²) >= 11 is 0. The van der Waals surface area contributed by atoms with Crippen LogP contribution >= 0.6 is 0 Å². The van der Waals surface area contributed by atoms with E-state index in [0.29, 0.717) is 24.7 Å². The minimum absolute atomic E-state index is 0.0587. The van der Waals surface area contributed by atoms with E-state index in [1.807, 2.05) is 13.0 Å². The number of carbonyl (C=O) groups excluding carboxylic acids is 1. The molecule has 1 atom stereocenters. The molecular weight excluding hydrogens is 314 g/mol. The second-order valence-electron chi connectivity index (χ2n) is 7.29. The van der Waals surface area contributed by atoms with E-state index in [9.17, 15) is 13.2 Å². The molecule has 4 rings (SSSR count). The Bertz CT molecular complexity index is 757. The van der Waals surface area contributed by atoms with Gasteiger partial charge < -0.3 is 0 Å². The van der Waals surface area contributed by atoms with Crippen LogP contribution in [0, 0.1) is 18.3 Å². The van der Waals surface area contributed by atoms with E-state index in [4.69, 9.17) is 0 Å². The van der Waals surface area contributed by atoms with Gasteiger partial charge in [0.15, 0.2) is 0 Å². The van der Waals surface area contributed by atoms with Crippen molar-refractivity contribution in [1.29, 1.82) is 0 Å². The quantitative estimate of drug-likeness (QED) is 0.910. The highest BCUT2D eigenvalue weighted by atomic mass is 32.2. The first kappa shape index (κ1) is 15.1. The number of amides is 1. The number of anilines is 1. The third-order valence-corrected chi connectivity index (χ3v) is 7.09. The molecule has 0 radical (unpaired) electrons. The smallest absolute Gasteiger partial charge is 0.230 e. The largest absolute Gasteiger partial charge is 0.294 e. The summed E-state index contributed by atoms with van der Waals surface area (Å²) in [5, 5.41) is 2.85. The molecule has 2 aliphatic carbocycles. The predicted molar refractivity (Wildman–Crippen MR) is 85.8 cm³/mol. The summed E-state index contributed by atoms with van der Waals surface area (Å²) in [6.07, 6.45) is 4.31. The second-order valence-corrected chi connectivity index (χ2v) is 9.60. The van der Waals surface area contributed by atoms with Crippen LogP contribution in [0.2, 0.25) is 0 Å². The molecule has 1 aliphatic heterocycles. The second kappa shape index (κ2) is 5.00. The van der Waals surface area contributed by atoms with E-state index < -0.39 is 9.84 Å².